The number of methoxy groups -OCH3 is 1. The molecule has 0 aliphatic heterocycles. The van der Waals surface area contributed by atoms with E-state index in [-0.39, 0.29) is 11.5 Å². The highest BCUT2D eigenvalue weighted by atomic mass is 16.5. The van der Waals surface area contributed by atoms with Gasteiger partial charge in [0.25, 0.3) is 5.56 Å². The maximum atomic E-state index is 12.9. The van der Waals surface area contributed by atoms with Gasteiger partial charge in [0.05, 0.1) is 7.11 Å². The van der Waals surface area contributed by atoms with Crippen LogP contribution in [0.25, 0.3) is 11.2 Å². The molecule has 7 heteroatoms. The molecule has 2 aromatic heterocycles. The van der Waals surface area contributed by atoms with Crippen LogP contribution in [0.2, 0.25) is 0 Å². The number of hydrogen-bond acceptors (Lipinski definition) is 4. The zero-order valence-electron chi connectivity index (χ0n) is 19.0. The van der Waals surface area contributed by atoms with Gasteiger partial charge in [-0.25, -0.2) is 9.78 Å². The molecule has 0 amide bonds. The van der Waals surface area contributed by atoms with Crippen molar-refractivity contribution in [1.82, 2.24) is 19.1 Å². The maximum Gasteiger partial charge on any atom is 0.329 e. The molecule has 1 radical (unpaired) electrons. The van der Waals surface area contributed by atoms with E-state index in [4.69, 9.17) is 4.74 Å². The standard InChI is InChI=1S/C22H23N4O3.C3H6/c1-13(16-8-9-16)10-14(2)20-23-19-18(21(27)25(3)22(28)24-19)26(20)12-15-6-5-7-17(11-15)29-4;1-3-2/h5-9,11,14H,1,10,12H2,2-4H3,(H,24,28);3H,1H2,2H3. The van der Waals surface area contributed by atoms with Crippen LogP contribution < -0.4 is 16.0 Å². The van der Waals surface area contributed by atoms with E-state index in [1.165, 1.54) is 7.05 Å². The summed E-state index contributed by atoms with van der Waals surface area (Å²) >= 11 is 0. The number of hydrogen-bond donors (Lipinski definition) is 1. The molecule has 0 saturated heterocycles. The molecule has 167 valence electrons. The number of fused-ring (bicyclic) bond motifs is 1. The predicted molar refractivity (Wildman–Crippen MR) is 128 cm³/mol. The summed E-state index contributed by atoms with van der Waals surface area (Å²) in [6.07, 6.45) is 6.53. The van der Waals surface area contributed by atoms with E-state index in [2.05, 4.69) is 30.0 Å². The number of aromatic amines is 1. The fraction of sp³-hybridized carbons (Fsp3) is 0.280. The Balaban J connectivity index is 0.000000913. The summed E-state index contributed by atoms with van der Waals surface area (Å²) in [5.41, 5.74) is 3.03. The lowest BCUT2D eigenvalue weighted by Crippen LogP contribution is -2.33. The minimum Gasteiger partial charge on any atom is -0.497 e. The van der Waals surface area contributed by atoms with E-state index in [0.29, 0.717) is 24.1 Å². The highest BCUT2D eigenvalue weighted by Gasteiger charge is 2.23. The Morgan fingerprint density at radius 3 is 2.66 bits per heavy atom. The lowest BCUT2D eigenvalue weighted by atomic mass is 9.99. The molecule has 1 aromatic carbocycles. The van der Waals surface area contributed by atoms with Crippen molar-refractivity contribution in [2.75, 3.05) is 7.11 Å². The van der Waals surface area contributed by atoms with Crippen molar-refractivity contribution in [2.45, 2.75) is 32.7 Å². The molecule has 0 spiro atoms. The number of nitrogens with one attached hydrogen (secondary N) is 1. The minimum absolute atomic E-state index is 0.0172. The monoisotopic (exact) mass is 433 g/mol. The molecular formula is C25H29N4O3. The Morgan fingerprint density at radius 2 is 2.03 bits per heavy atom. The number of benzene rings is 1. The van der Waals surface area contributed by atoms with Crippen molar-refractivity contribution in [3.8, 4) is 5.75 Å². The van der Waals surface area contributed by atoms with Crippen LogP contribution in [0.15, 0.2) is 70.3 Å². The van der Waals surface area contributed by atoms with Gasteiger partial charge in [0.1, 0.15) is 11.6 Å². The zero-order valence-corrected chi connectivity index (χ0v) is 19.0. The van der Waals surface area contributed by atoms with Gasteiger partial charge < -0.3 is 9.30 Å². The minimum atomic E-state index is -0.477. The van der Waals surface area contributed by atoms with Gasteiger partial charge in [-0.2, -0.15) is 0 Å². The maximum absolute atomic E-state index is 12.9. The number of imidazole rings is 1. The van der Waals surface area contributed by atoms with Gasteiger partial charge in [0.2, 0.25) is 0 Å². The van der Waals surface area contributed by atoms with Crippen molar-refractivity contribution in [2.24, 2.45) is 7.05 Å². The number of H-pyrrole nitrogens is 1. The Hall–Kier alpha value is -3.61. The number of ether oxygens (including phenoxy) is 1. The number of aromatic nitrogens is 4. The first-order valence-electron chi connectivity index (χ1n) is 10.4. The average Bonchev–Trinajstić information content (AvgIpc) is 3.56. The molecule has 32 heavy (non-hydrogen) atoms. The second-order valence-corrected chi connectivity index (χ2v) is 7.80. The molecule has 4 rings (SSSR count). The van der Waals surface area contributed by atoms with Gasteiger partial charge in [-0.1, -0.05) is 43.4 Å². The highest BCUT2D eigenvalue weighted by molar-refractivity contribution is 5.70. The largest absolute Gasteiger partial charge is 0.497 e. The van der Waals surface area contributed by atoms with Gasteiger partial charge in [0.15, 0.2) is 11.2 Å². The van der Waals surface area contributed by atoms with E-state index in [9.17, 15) is 9.59 Å². The summed E-state index contributed by atoms with van der Waals surface area (Å²) in [6, 6.07) is 7.69. The normalized spacial score (nSPS) is 13.1. The molecule has 1 aliphatic carbocycles. The molecule has 1 N–H and O–H groups in total. The predicted octanol–water partition coefficient (Wildman–Crippen LogP) is 3.87. The third kappa shape index (κ3) is 4.82. The van der Waals surface area contributed by atoms with Gasteiger partial charge in [-0.15, -0.1) is 6.58 Å². The molecule has 0 saturated carbocycles. The smallest absolute Gasteiger partial charge is 0.329 e. The molecule has 1 unspecified atom stereocenters. The molecule has 0 fully saturated rings. The summed E-state index contributed by atoms with van der Waals surface area (Å²) in [7, 11) is 3.08. The zero-order chi connectivity index (χ0) is 23.4. The first-order chi connectivity index (χ1) is 15.3. The number of allylic oxidation sites excluding steroid dienone is 4. The Bertz CT molecular complexity index is 1310. The number of nitrogens with zero attached hydrogens (tertiary/aromatic N) is 3. The average molecular weight is 434 g/mol. The summed E-state index contributed by atoms with van der Waals surface area (Å²) in [5.74, 6) is 1.50. The first-order valence-corrected chi connectivity index (χ1v) is 10.4. The van der Waals surface area contributed by atoms with Crippen LogP contribution in [0.4, 0.5) is 0 Å². The van der Waals surface area contributed by atoms with Crippen molar-refractivity contribution < 1.29 is 4.74 Å². The summed E-state index contributed by atoms with van der Waals surface area (Å²) in [6.45, 7) is 11.9. The summed E-state index contributed by atoms with van der Waals surface area (Å²) in [5, 5.41) is 0. The topological polar surface area (TPSA) is 81.9 Å². The van der Waals surface area contributed by atoms with E-state index < -0.39 is 5.69 Å². The Kier molecular flexibility index (Phi) is 6.98. The van der Waals surface area contributed by atoms with E-state index in [1.807, 2.05) is 48.3 Å². The van der Waals surface area contributed by atoms with Crippen molar-refractivity contribution in [1.29, 1.82) is 0 Å². The third-order valence-corrected chi connectivity index (χ3v) is 5.24. The van der Waals surface area contributed by atoms with Crippen molar-refractivity contribution in [3.63, 3.8) is 0 Å². The fourth-order valence-electron chi connectivity index (χ4n) is 3.56. The number of rotatable bonds is 7. The van der Waals surface area contributed by atoms with Crippen molar-refractivity contribution >= 4 is 11.2 Å². The van der Waals surface area contributed by atoms with Crippen LogP contribution in [0, 0.1) is 6.42 Å². The third-order valence-electron chi connectivity index (χ3n) is 5.24. The van der Waals surface area contributed by atoms with Crippen LogP contribution >= 0.6 is 0 Å². The molecule has 1 aliphatic rings. The van der Waals surface area contributed by atoms with Crippen LogP contribution in [0.3, 0.4) is 0 Å². The first kappa shape index (κ1) is 23.1. The van der Waals surface area contributed by atoms with Gasteiger partial charge in [-0.3, -0.25) is 14.3 Å². The van der Waals surface area contributed by atoms with Gasteiger partial charge >= 0.3 is 5.69 Å². The lowest BCUT2D eigenvalue weighted by Gasteiger charge is -2.15. The molecular weight excluding hydrogens is 404 g/mol. The van der Waals surface area contributed by atoms with Crippen LogP contribution in [-0.2, 0) is 13.6 Å². The SMILES string of the molecule is C=C(CC(C)c1nc2[nH]c(=O)n(C)c(=O)c2n1Cc1cccc(OC)c1)C1=C[CH]1.C=CC. The van der Waals surface area contributed by atoms with Crippen molar-refractivity contribution in [3.05, 3.63) is 99.4 Å². The molecule has 3 aromatic rings. The molecule has 1 atom stereocenters. The van der Waals surface area contributed by atoms with E-state index >= 15 is 0 Å². The molecule has 0 bridgehead atoms. The molecule has 2 heterocycles. The Morgan fingerprint density at radius 1 is 1.34 bits per heavy atom. The second kappa shape index (κ2) is 9.68. The Labute approximate surface area is 187 Å². The summed E-state index contributed by atoms with van der Waals surface area (Å²) in [4.78, 5) is 32.3. The van der Waals surface area contributed by atoms with Gasteiger partial charge in [0, 0.05) is 25.9 Å². The van der Waals surface area contributed by atoms with E-state index in [1.54, 1.807) is 13.2 Å². The fourth-order valence-corrected chi connectivity index (χ4v) is 3.56. The lowest BCUT2D eigenvalue weighted by molar-refractivity contribution is 0.414. The van der Waals surface area contributed by atoms with E-state index in [0.717, 1.165) is 32.9 Å². The van der Waals surface area contributed by atoms with Gasteiger partial charge in [-0.05, 0) is 36.6 Å². The van der Waals surface area contributed by atoms with Crippen LogP contribution in [0.1, 0.15) is 37.6 Å². The molecule has 7 nitrogen and oxygen atoms in total. The second-order valence-electron chi connectivity index (χ2n) is 7.80. The van der Waals surface area contributed by atoms with Crippen LogP contribution in [-0.4, -0.2) is 26.2 Å². The van der Waals surface area contributed by atoms with Crippen LogP contribution in [0.5, 0.6) is 5.75 Å². The summed E-state index contributed by atoms with van der Waals surface area (Å²) < 4.78 is 8.29. The highest BCUT2D eigenvalue weighted by Crippen LogP contribution is 2.33. The quantitative estimate of drug-likeness (QED) is 0.574.